The summed E-state index contributed by atoms with van der Waals surface area (Å²) >= 11 is 1.15. The number of imide groups is 1. The quantitative estimate of drug-likeness (QED) is 0.607. The summed E-state index contributed by atoms with van der Waals surface area (Å²) < 4.78 is 3.42. The van der Waals surface area contributed by atoms with Crippen LogP contribution in [0.3, 0.4) is 0 Å². The number of benzene rings is 1. The number of hydrogen-bond acceptors (Lipinski definition) is 6. The van der Waals surface area contributed by atoms with Crippen LogP contribution in [0.15, 0.2) is 34.2 Å². The zero-order valence-electron chi connectivity index (χ0n) is 15.9. The van der Waals surface area contributed by atoms with Crippen LogP contribution in [0.5, 0.6) is 0 Å². The fourth-order valence-electron chi connectivity index (χ4n) is 2.77. The number of carbonyl (C=O) groups excluding carboxylic acids is 2. The molecule has 1 aromatic carbocycles. The van der Waals surface area contributed by atoms with Crippen molar-refractivity contribution in [2.24, 2.45) is 5.92 Å². The lowest BCUT2D eigenvalue weighted by molar-refractivity contribution is -0.117. The summed E-state index contributed by atoms with van der Waals surface area (Å²) in [6.45, 7) is 4.73. The van der Waals surface area contributed by atoms with E-state index >= 15 is 0 Å². The highest BCUT2D eigenvalue weighted by atomic mass is 32.2. The summed E-state index contributed by atoms with van der Waals surface area (Å²) in [6, 6.07) is 6.69. The number of para-hydroxylation sites is 1. The molecular formula is C18H22N6O3S. The van der Waals surface area contributed by atoms with Crippen LogP contribution in [0.1, 0.15) is 20.3 Å². The molecule has 148 valence electrons. The summed E-state index contributed by atoms with van der Waals surface area (Å²) in [6.07, 6.45) is 0.831. The van der Waals surface area contributed by atoms with Crippen LogP contribution >= 0.6 is 11.8 Å². The molecule has 0 bridgehead atoms. The number of urea groups is 1. The topological polar surface area (TPSA) is 110 Å². The van der Waals surface area contributed by atoms with Gasteiger partial charge < -0.3 is 5.32 Å². The molecular weight excluding hydrogens is 380 g/mol. The first-order valence-electron chi connectivity index (χ1n) is 8.93. The van der Waals surface area contributed by atoms with Gasteiger partial charge in [0.05, 0.1) is 16.7 Å². The molecule has 0 saturated carbocycles. The lowest BCUT2D eigenvalue weighted by atomic mass is 10.1. The number of carbonyl (C=O) groups is 2. The third-order valence-corrected chi connectivity index (χ3v) is 5.15. The average molecular weight is 402 g/mol. The zero-order valence-corrected chi connectivity index (χ0v) is 16.7. The van der Waals surface area contributed by atoms with E-state index in [4.69, 9.17) is 0 Å². The molecule has 0 aliphatic carbocycles. The van der Waals surface area contributed by atoms with Gasteiger partial charge in [-0.3, -0.25) is 23.9 Å². The molecule has 0 aliphatic rings. The van der Waals surface area contributed by atoms with E-state index in [0.717, 1.165) is 18.2 Å². The minimum atomic E-state index is -0.565. The molecule has 2 heterocycles. The molecule has 0 radical (unpaired) electrons. The van der Waals surface area contributed by atoms with Crippen molar-refractivity contribution >= 4 is 40.4 Å². The van der Waals surface area contributed by atoms with Crippen molar-refractivity contribution in [2.75, 3.05) is 12.8 Å². The Kier molecular flexibility index (Phi) is 5.98. The second kappa shape index (κ2) is 8.42. The van der Waals surface area contributed by atoms with Crippen molar-refractivity contribution in [3.05, 3.63) is 34.6 Å². The molecule has 0 aliphatic heterocycles. The fraction of sp³-hybridized carbons (Fsp3) is 0.389. The number of nitrogens with zero attached hydrogens (tertiary/aromatic N) is 4. The van der Waals surface area contributed by atoms with Gasteiger partial charge in [-0.15, -0.1) is 10.2 Å². The van der Waals surface area contributed by atoms with E-state index in [-0.39, 0.29) is 11.3 Å². The Balaban J connectivity index is 2.02. The minimum absolute atomic E-state index is 0.00629. The molecule has 0 atom stereocenters. The lowest BCUT2D eigenvalue weighted by Crippen LogP contribution is -2.38. The van der Waals surface area contributed by atoms with E-state index in [2.05, 4.69) is 34.7 Å². The first-order chi connectivity index (χ1) is 13.4. The zero-order chi connectivity index (χ0) is 20.3. The number of amides is 3. The molecule has 28 heavy (non-hydrogen) atoms. The second-order valence-electron chi connectivity index (χ2n) is 6.69. The maximum absolute atomic E-state index is 13.0. The normalized spacial score (nSPS) is 11.3. The predicted molar refractivity (Wildman–Crippen MR) is 108 cm³/mol. The molecule has 2 N–H and O–H groups in total. The Labute approximate surface area is 165 Å². The Morgan fingerprint density at radius 1 is 1.21 bits per heavy atom. The van der Waals surface area contributed by atoms with Crippen LogP contribution in [0.2, 0.25) is 0 Å². The summed E-state index contributed by atoms with van der Waals surface area (Å²) in [4.78, 5) is 36.1. The van der Waals surface area contributed by atoms with Crippen LogP contribution in [0.4, 0.5) is 4.79 Å². The molecule has 0 spiro atoms. The maximum Gasteiger partial charge on any atom is 0.321 e. The van der Waals surface area contributed by atoms with Crippen LogP contribution in [0, 0.1) is 5.92 Å². The minimum Gasteiger partial charge on any atom is -0.341 e. The molecule has 0 unspecified atom stereocenters. The summed E-state index contributed by atoms with van der Waals surface area (Å²) in [5.74, 6) is 0.425. The number of thioether (sulfide) groups is 1. The molecule has 0 fully saturated rings. The highest BCUT2D eigenvalue weighted by Gasteiger charge is 2.18. The van der Waals surface area contributed by atoms with Gasteiger partial charge in [0.2, 0.25) is 11.7 Å². The third kappa shape index (κ3) is 4.01. The van der Waals surface area contributed by atoms with Crippen LogP contribution in [-0.2, 0) is 11.3 Å². The number of nitrogens with one attached hydrogen (secondary N) is 2. The van der Waals surface area contributed by atoms with Gasteiger partial charge in [0, 0.05) is 13.6 Å². The molecule has 2 aromatic heterocycles. The van der Waals surface area contributed by atoms with Crippen molar-refractivity contribution in [1.82, 2.24) is 29.8 Å². The van der Waals surface area contributed by atoms with E-state index in [1.54, 1.807) is 15.0 Å². The number of rotatable bonds is 6. The second-order valence-corrected chi connectivity index (χ2v) is 7.63. The maximum atomic E-state index is 13.0. The molecule has 3 rings (SSSR count). The van der Waals surface area contributed by atoms with Gasteiger partial charge in [-0.2, -0.15) is 0 Å². The molecule has 3 amide bonds. The van der Waals surface area contributed by atoms with Crippen molar-refractivity contribution in [1.29, 1.82) is 0 Å². The standard InChI is InChI=1S/C18H22N6O3S/c1-11(2)8-9-23-15(26)12-6-4-5-7-13(12)24-17(23)21-22-18(24)28-10-14(25)20-16(27)19-3/h4-7,11H,8-10H2,1-3H3,(H2,19,20,25,27). The highest BCUT2D eigenvalue weighted by molar-refractivity contribution is 7.99. The van der Waals surface area contributed by atoms with E-state index in [0.29, 0.717) is 34.3 Å². The molecule has 3 aromatic rings. The van der Waals surface area contributed by atoms with Gasteiger partial charge in [0.15, 0.2) is 5.16 Å². The Bertz CT molecular complexity index is 1090. The number of hydrogen-bond donors (Lipinski definition) is 2. The summed E-state index contributed by atoms with van der Waals surface area (Å²) in [5, 5.41) is 14.0. The van der Waals surface area contributed by atoms with Gasteiger partial charge >= 0.3 is 6.03 Å². The Morgan fingerprint density at radius 2 is 1.96 bits per heavy atom. The number of aromatic nitrogens is 4. The van der Waals surface area contributed by atoms with E-state index < -0.39 is 11.9 Å². The highest BCUT2D eigenvalue weighted by Crippen LogP contribution is 2.21. The van der Waals surface area contributed by atoms with Gasteiger partial charge in [-0.25, -0.2) is 4.79 Å². The van der Waals surface area contributed by atoms with Crippen LogP contribution in [0.25, 0.3) is 16.7 Å². The monoisotopic (exact) mass is 402 g/mol. The van der Waals surface area contributed by atoms with E-state index in [1.165, 1.54) is 7.05 Å². The van der Waals surface area contributed by atoms with Crippen LogP contribution in [-0.4, -0.2) is 43.9 Å². The van der Waals surface area contributed by atoms with Crippen molar-refractivity contribution in [2.45, 2.75) is 32.0 Å². The lowest BCUT2D eigenvalue weighted by Gasteiger charge is -2.12. The fourth-order valence-corrected chi connectivity index (χ4v) is 3.51. The Hall–Kier alpha value is -2.88. The van der Waals surface area contributed by atoms with Gasteiger partial charge in [-0.1, -0.05) is 37.7 Å². The molecule has 9 nitrogen and oxygen atoms in total. The first-order valence-corrected chi connectivity index (χ1v) is 9.92. The van der Waals surface area contributed by atoms with Crippen molar-refractivity contribution in [3.8, 4) is 0 Å². The first kappa shape index (κ1) is 19.9. The van der Waals surface area contributed by atoms with Crippen molar-refractivity contribution in [3.63, 3.8) is 0 Å². The largest absolute Gasteiger partial charge is 0.341 e. The predicted octanol–water partition coefficient (Wildman–Crippen LogP) is 1.64. The van der Waals surface area contributed by atoms with Gasteiger partial charge in [0.1, 0.15) is 0 Å². The summed E-state index contributed by atoms with van der Waals surface area (Å²) in [5.41, 5.74) is 0.576. The third-order valence-electron chi connectivity index (χ3n) is 4.22. The van der Waals surface area contributed by atoms with Crippen molar-refractivity contribution < 1.29 is 9.59 Å². The van der Waals surface area contributed by atoms with Crippen LogP contribution < -0.4 is 16.2 Å². The molecule has 10 heteroatoms. The summed E-state index contributed by atoms with van der Waals surface area (Å²) in [7, 11) is 1.43. The molecule has 0 saturated heterocycles. The van der Waals surface area contributed by atoms with Gasteiger partial charge in [0.25, 0.3) is 5.56 Å². The smallest absolute Gasteiger partial charge is 0.321 e. The van der Waals surface area contributed by atoms with Gasteiger partial charge in [-0.05, 0) is 24.5 Å². The number of aryl methyl sites for hydroxylation is 1. The van der Waals surface area contributed by atoms with E-state index in [1.807, 2.05) is 18.2 Å². The average Bonchev–Trinajstić information content (AvgIpc) is 3.10. The van der Waals surface area contributed by atoms with E-state index in [9.17, 15) is 14.4 Å². The number of fused-ring (bicyclic) bond motifs is 3. The Morgan fingerprint density at radius 3 is 2.68 bits per heavy atom. The SMILES string of the molecule is CNC(=O)NC(=O)CSc1nnc2n(CCC(C)C)c(=O)c3ccccc3n12.